The number of furan rings is 2. The normalized spacial score (nSPS) is 18.9. The second-order valence-electron chi connectivity index (χ2n) is 7.18. The molecule has 5 nitrogen and oxygen atoms in total. The van der Waals surface area contributed by atoms with Crippen LogP contribution in [0.25, 0.3) is 17.0 Å². The molecule has 1 amide bonds. The van der Waals surface area contributed by atoms with Gasteiger partial charge in [0.2, 0.25) is 5.91 Å². The van der Waals surface area contributed by atoms with Crippen molar-refractivity contribution in [3.63, 3.8) is 0 Å². The van der Waals surface area contributed by atoms with Gasteiger partial charge in [-0.05, 0) is 42.7 Å². The zero-order valence-electron chi connectivity index (χ0n) is 15.8. The van der Waals surface area contributed by atoms with Gasteiger partial charge in [-0.3, -0.25) is 4.79 Å². The van der Waals surface area contributed by atoms with E-state index in [1.54, 1.807) is 25.1 Å². The van der Waals surface area contributed by atoms with Crippen LogP contribution in [0.1, 0.15) is 36.5 Å². The molecule has 0 radical (unpaired) electrons. The van der Waals surface area contributed by atoms with Crippen molar-refractivity contribution in [2.45, 2.75) is 25.8 Å². The van der Waals surface area contributed by atoms with Gasteiger partial charge in [0.25, 0.3) is 0 Å². The highest BCUT2D eigenvalue weighted by Gasteiger charge is 2.36. The van der Waals surface area contributed by atoms with E-state index in [9.17, 15) is 4.79 Å². The molecule has 27 heavy (non-hydrogen) atoms. The molecule has 1 aliphatic rings. The Morgan fingerprint density at radius 1 is 1.30 bits per heavy atom. The minimum absolute atomic E-state index is 0.111. The summed E-state index contributed by atoms with van der Waals surface area (Å²) in [5, 5.41) is 0.937. The smallest absolute Gasteiger partial charge is 0.246 e. The number of para-hydroxylation sites is 1. The fourth-order valence-electron chi connectivity index (χ4n) is 3.29. The molecular weight excluding hydrogens is 342 g/mol. The van der Waals surface area contributed by atoms with Crippen molar-refractivity contribution in [2.75, 3.05) is 14.2 Å². The Hall–Kier alpha value is -2.95. The number of benzene rings is 1. The summed E-state index contributed by atoms with van der Waals surface area (Å²) in [5.74, 6) is 4.26. The molecular formula is C22H23NO4. The third kappa shape index (κ3) is 3.63. The van der Waals surface area contributed by atoms with Crippen molar-refractivity contribution < 1.29 is 18.4 Å². The van der Waals surface area contributed by atoms with Crippen molar-refractivity contribution >= 4 is 23.0 Å². The number of hydrogen-bond acceptors (Lipinski definition) is 4. The molecule has 1 aliphatic carbocycles. The van der Waals surface area contributed by atoms with E-state index < -0.39 is 0 Å². The maximum atomic E-state index is 12.4. The highest BCUT2D eigenvalue weighted by Crippen LogP contribution is 2.47. The summed E-state index contributed by atoms with van der Waals surface area (Å²) in [4.78, 5) is 14.0. The molecule has 2 aromatic heterocycles. The number of amides is 1. The molecule has 0 N–H and O–H groups in total. The molecule has 0 aliphatic heterocycles. The predicted molar refractivity (Wildman–Crippen MR) is 104 cm³/mol. The predicted octanol–water partition coefficient (Wildman–Crippen LogP) is 4.83. The molecule has 0 bridgehead atoms. The summed E-state index contributed by atoms with van der Waals surface area (Å²) in [6.45, 7) is 2.67. The first-order valence-electron chi connectivity index (χ1n) is 9.13. The van der Waals surface area contributed by atoms with E-state index >= 15 is 0 Å². The quantitative estimate of drug-likeness (QED) is 0.587. The molecule has 2 unspecified atom stereocenters. The van der Waals surface area contributed by atoms with E-state index in [0.29, 0.717) is 35.5 Å². The van der Waals surface area contributed by atoms with Gasteiger partial charge in [-0.25, -0.2) is 0 Å². The first-order chi connectivity index (χ1) is 13.0. The SMILES string of the molecule is COc1cccc2cc(/C=C/C(=O)N(C)Cc3ccc(C4CC4C)o3)oc12. The minimum atomic E-state index is -0.111. The highest BCUT2D eigenvalue weighted by atomic mass is 16.5. The number of fused-ring (bicyclic) bond motifs is 1. The Bertz CT molecular complexity index is 997. The van der Waals surface area contributed by atoms with Crippen LogP contribution >= 0.6 is 0 Å². The molecule has 1 fully saturated rings. The van der Waals surface area contributed by atoms with Crippen molar-refractivity contribution in [1.29, 1.82) is 0 Å². The number of carbonyl (C=O) groups excluding carboxylic acids is 1. The van der Waals surface area contributed by atoms with Crippen LogP contribution in [0.15, 0.2) is 51.3 Å². The van der Waals surface area contributed by atoms with Gasteiger partial charge in [-0.1, -0.05) is 19.1 Å². The number of ether oxygens (including phenoxy) is 1. The van der Waals surface area contributed by atoms with Crippen molar-refractivity contribution in [3.05, 3.63) is 59.8 Å². The Morgan fingerprint density at radius 3 is 2.85 bits per heavy atom. The molecule has 140 valence electrons. The number of nitrogens with zero attached hydrogens (tertiary/aromatic N) is 1. The summed E-state index contributed by atoms with van der Waals surface area (Å²) in [7, 11) is 3.37. The molecule has 1 saturated carbocycles. The van der Waals surface area contributed by atoms with E-state index in [1.807, 2.05) is 36.4 Å². The van der Waals surface area contributed by atoms with Crippen LogP contribution in [0.2, 0.25) is 0 Å². The van der Waals surface area contributed by atoms with Gasteiger partial charge in [0, 0.05) is 24.4 Å². The van der Waals surface area contributed by atoms with Crippen LogP contribution in [0.4, 0.5) is 0 Å². The Labute approximate surface area is 158 Å². The van der Waals surface area contributed by atoms with Gasteiger partial charge < -0.3 is 18.5 Å². The third-order valence-electron chi connectivity index (χ3n) is 5.06. The fraction of sp³-hybridized carbons (Fsp3) is 0.318. The highest BCUT2D eigenvalue weighted by molar-refractivity contribution is 5.92. The van der Waals surface area contributed by atoms with Crippen LogP contribution < -0.4 is 4.74 Å². The molecule has 2 heterocycles. The van der Waals surface area contributed by atoms with Crippen molar-refractivity contribution in [3.8, 4) is 5.75 Å². The number of hydrogen-bond donors (Lipinski definition) is 0. The topological polar surface area (TPSA) is 55.8 Å². The summed E-state index contributed by atoms with van der Waals surface area (Å²) in [6.07, 6.45) is 4.38. The van der Waals surface area contributed by atoms with E-state index in [2.05, 4.69) is 6.92 Å². The van der Waals surface area contributed by atoms with Crippen LogP contribution in [0.3, 0.4) is 0 Å². The van der Waals surface area contributed by atoms with Crippen LogP contribution in [0, 0.1) is 5.92 Å². The maximum absolute atomic E-state index is 12.4. The lowest BCUT2D eigenvalue weighted by atomic mass is 10.2. The number of rotatable bonds is 6. The first kappa shape index (κ1) is 17.5. The Morgan fingerprint density at radius 2 is 2.11 bits per heavy atom. The molecule has 0 spiro atoms. The van der Waals surface area contributed by atoms with Gasteiger partial charge in [0.1, 0.15) is 17.3 Å². The number of carbonyl (C=O) groups is 1. The molecule has 2 atom stereocenters. The van der Waals surface area contributed by atoms with Gasteiger partial charge in [0.15, 0.2) is 11.3 Å². The lowest BCUT2D eigenvalue weighted by Crippen LogP contribution is -2.23. The molecule has 3 aromatic rings. The van der Waals surface area contributed by atoms with Crippen LogP contribution in [-0.2, 0) is 11.3 Å². The van der Waals surface area contributed by atoms with E-state index in [0.717, 1.165) is 16.9 Å². The van der Waals surface area contributed by atoms with Crippen LogP contribution in [-0.4, -0.2) is 25.0 Å². The number of methoxy groups -OCH3 is 1. The molecule has 0 saturated heterocycles. The molecule has 1 aromatic carbocycles. The maximum Gasteiger partial charge on any atom is 0.246 e. The van der Waals surface area contributed by atoms with Gasteiger partial charge >= 0.3 is 0 Å². The van der Waals surface area contributed by atoms with E-state index in [1.165, 1.54) is 12.5 Å². The Balaban J connectivity index is 1.41. The van der Waals surface area contributed by atoms with Crippen LogP contribution in [0.5, 0.6) is 5.75 Å². The lowest BCUT2D eigenvalue weighted by molar-refractivity contribution is -0.125. The average molecular weight is 365 g/mol. The molecule has 4 rings (SSSR count). The minimum Gasteiger partial charge on any atom is -0.493 e. The zero-order valence-corrected chi connectivity index (χ0v) is 15.8. The second-order valence-corrected chi connectivity index (χ2v) is 7.18. The average Bonchev–Trinajstić information content (AvgIpc) is 3.07. The van der Waals surface area contributed by atoms with E-state index in [4.69, 9.17) is 13.6 Å². The van der Waals surface area contributed by atoms with Crippen molar-refractivity contribution in [1.82, 2.24) is 4.90 Å². The van der Waals surface area contributed by atoms with Crippen molar-refractivity contribution in [2.24, 2.45) is 5.92 Å². The Kier molecular flexibility index (Phi) is 4.52. The third-order valence-corrected chi connectivity index (χ3v) is 5.06. The monoisotopic (exact) mass is 365 g/mol. The first-order valence-corrected chi connectivity index (χ1v) is 9.13. The lowest BCUT2D eigenvalue weighted by Gasteiger charge is -2.12. The fourth-order valence-corrected chi connectivity index (χ4v) is 3.29. The summed E-state index contributed by atoms with van der Waals surface area (Å²) < 4.78 is 17.0. The standard InChI is InChI=1S/C22H23NO4/c1-14-11-18(14)19-9-7-17(26-19)13-23(2)21(24)10-8-16-12-15-5-4-6-20(25-3)22(15)27-16/h4-10,12,14,18H,11,13H2,1-3H3/b10-8+. The molecule has 5 heteroatoms. The van der Waals surface area contributed by atoms with Gasteiger partial charge in [0.05, 0.1) is 13.7 Å². The number of likely N-dealkylation sites (N-methyl/N-ethyl adjacent to an activating group) is 1. The largest absolute Gasteiger partial charge is 0.493 e. The summed E-state index contributed by atoms with van der Waals surface area (Å²) in [6, 6.07) is 11.6. The van der Waals surface area contributed by atoms with E-state index in [-0.39, 0.29) is 5.91 Å². The van der Waals surface area contributed by atoms with Gasteiger partial charge in [-0.15, -0.1) is 0 Å². The summed E-state index contributed by atoms with van der Waals surface area (Å²) >= 11 is 0. The van der Waals surface area contributed by atoms with Gasteiger partial charge in [-0.2, -0.15) is 0 Å². The second kappa shape index (κ2) is 6.99. The zero-order chi connectivity index (χ0) is 19.0. The summed E-state index contributed by atoms with van der Waals surface area (Å²) in [5.41, 5.74) is 0.679.